The van der Waals surface area contributed by atoms with Crippen molar-refractivity contribution in [2.45, 2.75) is 30.8 Å². The van der Waals surface area contributed by atoms with Crippen LogP contribution in [0.5, 0.6) is 0 Å². The lowest BCUT2D eigenvalue weighted by atomic mass is 9.74. The number of piperidine rings is 1. The summed E-state index contributed by atoms with van der Waals surface area (Å²) < 4.78 is 0. The molecule has 0 saturated carbocycles. The minimum Gasteiger partial charge on any atom is -0.388 e. The zero-order valence-corrected chi connectivity index (χ0v) is 13.9. The Balaban J connectivity index is 1.55. The van der Waals surface area contributed by atoms with E-state index in [1.807, 2.05) is 48.5 Å². The Labute approximate surface area is 144 Å². The van der Waals surface area contributed by atoms with Crippen LogP contribution in [0.25, 0.3) is 0 Å². The maximum atomic E-state index is 10.3. The van der Waals surface area contributed by atoms with Crippen LogP contribution in [0.4, 0.5) is 0 Å². The van der Waals surface area contributed by atoms with E-state index in [0.717, 1.165) is 50.0 Å². The van der Waals surface area contributed by atoms with Crippen LogP contribution in [0.2, 0.25) is 0 Å². The van der Waals surface area contributed by atoms with E-state index in [2.05, 4.69) is 23.1 Å². The molecule has 1 fully saturated rings. The third-order valence-corrected chi connectivity index (χ3v) is 5.15. The first-order valence-corrected chi connectivity index (χ1v) is 8.66. The third-order valence-electron chi connectivity index (χ3n) is 5.15. The second-order valence-corrected chi connectivity index (χ2v) is 6.62. The summed E-state index contributed by atoms with van der Waals surface area (Å²) in [6, 6.07) is 22.5. The quantitative estimate of drug-likeness (QED) is 0.914. The molecule has 1 heterocycles. The molecule has 1 saturated heterocycles. The van der Waals surface area contributed by atoms with Gasteiger partial charge in [0.25, 0.3) is 0 Å². The summed E-state index contributed by atoms with van der Waals surface area (Å²) in [7, 11) is 0. The van der Waals surface area contributed by atoms with Gasteiger partial charge in [-0.1, -0.05) is 60.7 Å². The standard InChI is InChI=1S/C21H24N2O/c22-17-21(19-9-5-2-6-10-19)12-15-23(16-13-21)14-11-20(24)18-7-3-1-4-8-18/h1-10,20,24H,11-16H2. The van der Waals surface area contributed by atoms with E-state index in [0.29, 0.717) is 0 Å². The Morgan fingerprint density at radius 1 is 1.00 bits per heavy atom. The van der Waals surface area contributed by atoms with Crippen LogP contribution in [0.3, 0.4) is 0 Å². The summed E-state index contributed by atoms with van der Waals surface area (Å²) >= 11 is 0. The number of hydrogen-bond donors (Lipinski definition) is 1. The van der Waals surface area contributed by atoms with E-state index in [9.17, 15) is 10.4 Å². The number of benzene rings is 2. The van der Waals surface area contributed by atoms with E-state index < -0.39 is 6.10 Å². The Morgan fingerprint density at radius 2 is 1.58 bits per heavy atom. The van der Waals surface area contributed by atoms with Crippen LogP contribution in [-0.2, 0) is 5.41 Å². The molecular weight excluding hydrogens is 296 g/mol. The summed E-state index contributed by atoms with van der Waals surface area (Å²) in [5.41, 5.74) is 1.76. The Morgan fingerprint density at radius 3 is 2.17 bits per heavy atom. The minimum atomic E-state index is -0.414. The first-order chi connectivity index (χ1) is 11.7. The van der Waals surface area contributed by atoms with Gasteiger partial charge in [0.2, 0.25) is 0 Å². The normalized spacial score (nSPS) is 18.7. The summed E-state index contributed by atoms with van der Waals surface area (Å²) in [5, 5.41) is 20.0. The summed E-state index contributed by atoms with van der Waals surface area (Å²) in [5.74, 6) is 0. The molecule has 2 aromatic carbocycles. The number of nitriles is 1. The van der Waals surface area contributed by atoms with Crippen LogP contribution in [0.15, 0.2) is 60.7 Å². The van der Waals surface area contributed by atoms with Gasteiger partial charge < -0.3 is 10.0 Å². The van der Waals surface area contributed by atoms with Crippen molar-refractivity contribution in [2.24, 2.45) is 0 Å². The fourth-order valence-electron chi connectivity index (χ4n) is 3.53. The number of likely N-dealkylation sites (tertiary alicyclic amines) is 1. The van der Waals surface area contributed by atoms with Gasteiger partial charge in [-0.3, -0.25) is 0 Å². The van der Waals surface area contributed by atoms with Crippen LogP contribution in [0, 0.1) is 11.3 Å². The van der Waals surface area contributed by atoms with E-state index in [1.54, 1.807) is 0 Å². The van der Waals surface area contributed by atoms with Crippen molar-refractivity contribution in [2.75, 3.05) is 19.6 Å². The molecule has 3 nitrogen and oxygen atoms in total. The lowest BCUT2D eigenvalue weighted by Crippen LogP contribution is -2.42. The summed E-state index contributed by atoms with van der Waals surface area (Å²) in [4.78, 5) is 2.37. The van der Waals surface area contributed by atoms with Gasteiger partial charge in [-0.15, -0.1) is 0 Å². The molecule has 1 N–H and O–H groups in total. The molecule has 2 aromatic rings. The topological polar surface area (TPSA) is 47.3 Å². The molecule has 3 heteroatoms. The van der Waals surface area contributed by atoms with Crippen molar-refractivity contribution in [1.29, 1.82) is 5.26 Å². The molecule has 0 amide bonds. The molecule has 0 spiro atoms. The highest BCUT2D eigenvalue weighted by Gasteiger charge is 2.36. The molecule has 0 aromatic heterocycles. The second-order valence-electron chi connectivity index (χ2n) is 6.62. The number of aliphatic hydroxyl groups excluding tert-OH is 1. The van der Waals surface area contributed by atoms with Gasteiger partial charge in [-0.2, -0.15) is 5.26 Å². The van der Waals surface area contributed by atoms with Gasteiger partial charge in [-0.05, 0) is 43.5 Å². The van der Waals surface area contributed by atoms with Crippen molar-refractivity contribution in [1.82, 2.24) is 4.90 Å². The van der Waals surface area contributed by atoms with Crippen LogP contribution in [0.1, 0.15) is 36.5 Å². The molecular formula is C21H24N2O. The van der Waals surface area contributed by atoms with Gasteiger partial charge in [0.05, 0.1) is 17.6 Å². The maximum Gasteiger partial charge on any atom is 0.0846 e. The monoisotopic (exact) mass is 320 g/mol. The molecule has 124 valence electrons. The number of hydrogen-bond acceptors (Lipinski definition) is 3. The van der Waals surface area contributed by atoms with E-state index in [4.69, 9.17) is 0 Å². The zero-order chi connectivity index (χ0) is 16.8. The van der Waals surface area contributed by atoms with Crippen molar-refractivity contribution >= 4 is 0 Å². The zero-order valence-electron chi connectivity index (χ0n) is 13.9. The largest absolute Gasteiger partial charge is 0.388 e. The fraction of sp³-hybridized carbons (Fsp3) is 0.381. The Bertz CT molecular complexity index is 670. The average Bonchev–Trinajstić information content (AvgIpc) is 2.68. The number of rotatable bonds is 5. The van der Waals surface area contributed by atoms with Crippen LogP contribution >= 0.6 is 0 Å². The minimum absolute atomic E-state index is 0.351. The molecule has 24 heavy (non-hydrogen) atoms. The third kappa shape index (κ3) is 3.67. The number of nitrogens with zero attached hydrogens (tertiary/aromatic N) is 2. The molecule has 1 aliphatic rings. The van der Waals surface area contributed by atoms with Gasteiger partial charge in [0, 0.05) is 6.54 Å². The van der Waals surface area contributed by atoms with Crippen LogP contribution < -0.4 is 0 Å². The lowest BCUT2D eigenvalue weighted by Gasteiger charge is -2.37. The van der Waals surface area contributed by atoms with Crippen molar-refractivity contribution in [3.63, 3.8) is 0 Å². The van der Waals surface area contributed by atoms with Gasteiger partial charge >= 0.3 is 0 Å². The van der Waals surface area contributed by atoms with Crippen molar-refractivity contribution in [3.05, 3.63) is 71.8 Å². The average molecular weight is 320 g/mol. The SMILES string of the molecule is N#CC1(c2ccccc2)CCN(CCC(O)c2ccccc2)CC1. The van der Waals surface area contributed by atoms with Crippen LogP contribution in [-0.4, -0.2) is 29.6 Å². The van der Waals surface area contributed by atoms with Crippen molar-refractivity contribution in [3.8, 4) is 6.07 Å². The molecule has 3 rings (SSSR count). The smallest absolute Gasteiger partial charge is 0.0846 e. The molecule has 0 radical (unpaired) electrons. The molecule has 1 atom stereocenters. The first-order valence-electron chi connectivity index (χ1n) is 8.66. The predicted octanol–water partition coefficient (Wildman–Crippen LogP) is 3.67. The highest BCUT2D eigenvalue weighted by molar-refractivity contribution is 5.33. The summed E-state index contributed by atoms with van der Waals surface area (Å²) in [6.45, 7) is 2.68. The van der Waals surface area contributed by atoms with E-state index in [-0.39, 0.29) is 5.41 Å². The van der Waals surface area contributed by atoms with Crippen molar-refractivity contribution < 1.29 is 5.11 Å². The second kappa shape index (κ2) is 7.61. The first kappa shape index (κ1) is 16.7. The maximum absolute atomic E-state index is 10.3. The molecule has 0 bridgehead atoms. The van der Waals surface area contributed by atoms with Gasteiger partial charge in [0.15, 0.2) is 0 Å². The Hall–Kier alpha value is -2.15. The summed E-state index contributed by atoms with van der Waals surface area (Å²) in [6.07, 6.45) is 2.03. The highest BCUT2D eigenvalue weighted by atomic mass is 16.3. The van der Waals surface area contributed by atoms with Gasteiger partial charge in [0.1, 0.15) is 0 Å². The predicted molar refractivity (Wildman–Crippen MR) is 95.4 cm³/mol. The molecule has 1 aliphatic heterocycles. The highest BCUT2D eigenvalue weighted by Crippen LogP contribution is 2.35. The van der Waals surface area contributed by atoms with Gasteiger partial charge in [-0.25, -0.2) is 0 Å². The van der Waals surface area contributed by atoms with E-state index in [1.165, 1.54) is 0 Å². The molecule has 0 aliphatic carbocycles. The molecule has 1 unspecified atom stereocenters. The lowest BCUT2D eigenvalue weighted by molar-refractivity contribution is 0.123. The fourth-order valence-corrected chi connectivity index (χ4v) is 3.53. The Kier molecular flexibility index (Phi) is 5.30. The number of aliphatic hydroxyl groups is 1. The van der Waals surface area contributed by atoms with E-state index >= 15 is 0 Å².